The number of anilines is 1. The van der Waals surface area contributed by atoms with E-state index in [1.807, 2.05) is 24.7 Å². The van der Waals surface area contributed by atoms with Crippen LogP contribution in [0.25, 0.3) is 0 Å². The maximum Gasteiger partial charge on any atom is 0.237 e. The van der Waals surface area contributed by atoms with E-state index in [0.29, 0.717) is 17.2 Å². The first-order valence-corrected chi connectivity index (χ1v) is 7.60. The first kappa shape index (κ1) is 16.2. The third-order valence-electron chi connectivity index (χ3n) is 3.09. The predicted molar refractivity (Wildman–Crippen MR) is 86.7 cm³/mol. The molecule has 0 aliphatic carbocycles. The van der Waals surface area contributed by atoms with Gasteiger partial charge in [-0.05, 0) is 19.1 Å². The number of methoxy groups -OCH3 is 2. The Morgan fingerprint density at radius 3 is 2.73 bits per heavy atom. The van der Waals surface area contributed by atoms with Crippen LogP contribution >= 0.6 is 11.8 Å². The van der Waals surface area contributed by atoms with E-state index in [-0.39, 0.29) is 11.2 Å². The zero-order chi connectivity index (χ0) is 16.1. The van der Waals surface area contributed by atoms with Gasteiger partial charge in [0.25, 0.3) is 0 Å². The lowest BCUT2D eigenvalue weighted by molar-refractivity contribution is -0.115. The first-order chi connectivity index (χ1) is 10.5. The molecule has 118 valence electrons. The third-order valence-corrected chi connectivity index (χ3v) is 4.26. The Hall–Kier alpha value is -2.15. The molecule has 0 unspecified atom stereocenters. The quantitative estimate of drug-likeness (QED) is 0.828. The van der Waals surface area contributed by atoms with Crippen LogP contribution in [0.5, 0.6) is 11.5 Å². The highest BCUT2D eigenvalue weighted by molar-refractivity contribution is 8.00. The Morgan fingerprint density at radius 2 is 2.14 bits per heavy atom. The summed E-state index contributed by atoms with van der Waals surface area (Å²) >= 11 is 1.40. The summed E-state index contributed by atoms with van der Waals surface area (Å²) in [7, 11) is 5.03. The number of ether oxygens (including phenoxy) is 2. The number of rotatable bonds is 6. The Labute approximate surface area is 133 Å². The smallest absolute Gasteiger partial charge is 0.237 e. The molecule has 0 aliphatic rings. The molecule has 0 radical (unpaired) electrons. The average molecular weight is 321 g/mol. The van der Waals surface area contributed by atoms with Gasteiger partial charge in [0.1, 0.15) is 11.5 Å². The van der Waals surface area contributed by atoms with Crippen molar-refractivity contribution >= 4 is 23.4 Å². The van der Waals surface area contributed by atoms with Gasteiger partial charge >= 0.3 is 0 Å². The molecule has 1 aromatic heterocycles. The standard InChI is InChI=1S/C15H19N3O3S/c1-10(22-15-16-7-8-18(15)2)14(19)17-12-9-11(20-3)5-6-13(12)21-4/h5-10H,1-4H3,(H,17,19)/t10-/m0/s1. The molecule has 22 heavy (non-hydrogen) atoms. The summed E-state index contributed by atoms with van der Waals surface area (Å²) < 4.78 is 12.3. The monoisotopic (exact) mass is 321 g/mol. The molecular weight excluding hydrogens is 302 g/mol. The SMILES string of the molecule is COc1ccc(OC)c(NC(=O)[C@H](C)Sc2nccn2C)c1. The minimum atomic E-state index is -0.294. The van der Waals surface area contributed by atoms with Crippen molar-refractivity contribution in [1.29, 1.82) is 0 Å². The zero-order valence-electron chi connectivity index (χ0n) is 13.0. The van der Waals surface area contributed by atoms with Crippen molar-refractivity contribution in [2.75, 3.05) is 19.5 Å². The van der Waals surface area contributed by atoms with E-state index in [4.69, 9.17) is 9.47 Å². The summed E-state index contributed by atoms with van der Waals surface area (Å²) in [5.74, 6) is 1.11. The van der Waals surface area contributed by atoms with Gasteiger partial charge < -0.3 is 19.4 Å². The number of nitrogens with zero attached hydrogens (tertiary/aromatic N) is 2. The van der Waals surface area contributed by atoms with Crippen molar-refractivity contribution in [2.45, 2.75) is 17.3 Å². The van der Waals surface area contributed by atoms with Crippen LogP contribution in [-0.2, 0) is 11.8 Å². The molecule has 0 bridgehead atoms. The minimum absolute atomic E-state index is 0.125. The summed E-state index contributed by atoms with van der Waals surface area (Å²) in [4.78, 5) is 16.6. The van der Waals surface area contributed by atoms with E-state index in [2.05, 4.69) is 10.3 Å². The molecule has 1 N–H and O–H groups in total. The van der Waals surface area contributed by atoms with Crippen LogP contribution < -0.4 is 14.8 Å². The third kappa shape index (κ3) is 3.73. The number of imidazole rings is 1. The topological polar surface area (TPSA) is 65.4 Å². The molecule has 0 saturated carbocycles. The van der Waals surface area contributed by atoms with Gasteiger partial charge in [0.2, 0.25) is 5.91 Å². The van der Waals surface area contributed by atoms with Crippen LogP contribution in [0.3, 0.4) is 0 Å². The molecule has 0 aliphatic heterocycles. The van der Waals surface area contributed by atoms with Gasteiger partial charge in [0.05, 0.1) is 25.2 Å². The molecule has 7 heteroatoms. The van der Waals surface area contributed by atoms with Crippen LogP contribution in [0, 0.1) is 0 Å². The number of hydrogen-bond donors (Lipinski definition) is 1. The van der Waals surface area contributed by atoms with E-state index in [1.165, 1.54) is 11.8 Å². The van der Waals surface area contributed by atoms with Gasteiger partial charge in [-0.3, -0.25) is 4.79 Å². The number of nitrogens with one attached hydrogen (secondary N) is 1. The summed E-state index contributed by atoms with van der Waals surface area (Å²) in [6, 6.07) is 5.26. The molecule has 2 rings (SSSR count). The van der Waals surface area contributed by atoms with E-state index in [0.717, 1.165) is 5.16 Å². The summed E-state index contributed by atoms with van der Waals surface area (Å²) in [5, 5.41) is 3.36. The molecule has 6 nitrogen and oxygen atoms in total. The fourth-order valence-electron chi connectivity index (χ4n) is 1.82. The van der Waals surface area contributed by atoms with Crippen LogP contribution in [-0.4, -0.2) is 34.9 Å². The second kappa shape index (κ2) is 7.22. The number of carbonyl (C=O) groups excluding carboxylic acids is 1. The number of benzene rings is 1. The van der Waals surface area contributed by atoms with Crippen molar-refractivity contribution < 1.29 is 14.3 Å². The number of amides is 1. The summed E-state index contributed by atoms with van der Waals surface area (Å²) in [6.45, 7) is 1.83. The zero-order valence-corrected chi connectivity index (χ0v) is 13.8. The fourth-order valence-corrected chi connectivity index (χ4v) is 2.65. The highest BCUT2D eigenvalue weighted by Gasteiger charge is 2.18. The highest BCUT2D eigenvalue weighted by Crippen LogP contribution is 2.30. The number of aromatic nitrogens is 2. The molecule has 1 atom stereocenters. The van der Waals surface area contributed by atoms with Gasteiger partial charge in [0.15, 0.2) is 5.16 Å². The van der Waals surface area contributed by atoms with E-state index >= 15 is 0 Å². The Morgan fingerprint density at radius 1 is 1.36 bits per heavy atom. The Kier molecular flexibility index (Phi) is 5.32. The maximum absolute atomic E-state index is 12.4. The van der Waals surface area contributed by atoms with Crippen LogP contribution in [0.15, 0.2) is 35.7 Å². The van der Waals surface area contributed by atoms with Gasteiger partial charge in [-0.2, -0.15) is 0 Å². The Balaban J connectivity index is 2.09. The molecule has 0 spiro atoms. The van der Waals surface area contributed by atoms with Gasteiger partial charge in [0, 0.05) is 25.5 Å². The van der Waals surface area contributed by atoms with Crippen molar-refractivity contribution in [3.8, 4) is 11.5 Å². The predicted octanol–water partition coefficient (Wildman–Crippen LogP) is 2.56. The lowest BCUT2D eigenvalue weighted by atomic mass is 10.2. The molecule has 0 fully saturated rings. The lowest BCUT2D eigenvalue weighted by Crippen LogP contribution is -2.23. The Bertz CT molecular complexity index is 657. The fraction of sp³-hybridized carbons (Fsp3) is 0.333. The average Bonchev–Trinajstić information content (AvgIpc) is 2.92. The number of aryl methyl sites for hydroxylation is 1. The molecule has 1 aromatic carbocycles. The summed E-state index contributed by atoms with van der Waals surface area (Å²) in [6.07, 6.45) is 3.55. The summed E-state index contributed by atoms with van der Waals surface area (Å²) in [5.41, 5.74) is 0.583. The van der Waals surface area contributed by atoms with E-state index < -0.39 is 0 Å². The largest absolute Gasteiger partial charge is 0.497 e. The maximum atomic E-state index is 12.4. The van der Waals surface area contributed by atoms with Crippen molar-refractivity contribution in [1.82, 2.24) is 9.55 Å². The van der Waals surface area contributed by atoms with Crippen LogP contribution in [0.4, 0.5) is 5.69 Å². The van der Waals surface area contributed by atoms with Crippen LogP contribution in [0.2, 0.25) is 0 Å². The molecule has 2 aromatic rings. The van der Waals surface area contributed by atoms with Crippen LogP contribution in [0.1, 0.15) is 6.92 Å². The normalized spacial score (nSPS) is 11.8. The highest BCUT2D eigenvalue weighted by atomic mass is 32.2. The lowest BCUT2D eigenvalue weighted by Gasteiger charge is -2.14. The van der Waals surface area contributed by atoms with Crippen molar-refractivity contribution in [2.24, 2.45) is 7.05 Å². The second-order valence-corrected chi connectivity index (χ2v) is 5.94. The number of hydrogen-bond acceptors (Lipinski definition) is 5. The van der Waals surface area contributed by atoms with Gasteiger partial charge in [-0.15, -0.1) is 0 Å². The van der Waals surface area contributed by atoms with Crippen molar-refractivity contribution in [3.63, 3.8) is 0 Å². The second-order valence-electron chi connectivity index (χ2n) is 4.64. The molecule has 1 heterocycles. The minimum Gasteiger partial charge on any atom is -0.497 e. The van der Waals surface area contributed by atoms with Crippen molar-refractivity contribution in [3.05, 3.63) is 30.6 Å². The van der Waals surface area contributed by atoms with E-state index in [1.54, 1.807) is 38.6 Å². The number of thioether (sulfide) groups is 1. The first-order valence-electron chi connectivity index (χ1n) is 6.72. The number of carbonyl (C=O) groups is 1. The van der Waals surface area contributed by atoms with E-state index in [9.17, 15) is 4.79 Å². The molecule has 1 amide bonds. The molecular formula is C15H19N3O3S. The molecule has 0 saturated heterocycles. The van der Waals surface area contributed by atoms with Gasteiger partial charge in [-0.1, -0.05) is 11.8 Å². The van der Waals surface area contributed by atoms with Gasteiger partial charge in [-0.25, -0.2) is 4.98 Å².